The molecule has 0 spiro atoms. The van der Waals surface area contributed by atoms with Crippen molar-refractivity contribution in [3.63, 3.8) is 0 Å². The molecule has 0 radical (unpaired) electrons. The molecule has 2 aromatic rings. The lowest BCUT2D eigenvalue weighted by Crippen LogP contribution is -2.44. The molecular formula is C14H18N4O5S. The van der Waals surface area contributed by atoms with Crippen molar-refractivity contribution in [3.05, 3.63) is 24.0 Å². The van der Waals surface area contributed by atoms with Crippen LogP contribution >= 0.6 is 11.0 Å². The van der Waals surface area contributed by atoms with Crippen molar-refractivity contribution in [2.75, 3.05) is 31.6 Å². The maximum absolute atomic E-state index is 11.9. The minimum atomic E-state index is -3.27. The average Bonchev–Trinajstić information content (AvgIpc) is 2.58. The summed E-state index contributed by atoms with van der Waals surface area (Å²) >= 11 is 0. The molecule has 0 amide bonds. The van der Waals surface area contributed by atoms with Crippen molar-refractivity contribution in [1.82, 2.24) is 14.3 Å². The summed E-state index contributed by atoms with van der Waals surface area (Å²) in [5, 5.41) is 10.7. The van der Waals surface area contributed by atoms with Crippen LogP contribution in [-0.2, 0) is 4.74 Å². The first-order valence-electron chi connectivity index (χ1n) is 7.21. The Kier molecular flexibility index (Phi) is 4.22. The van der Waals surface area contributed by atoms with E-state index in [9.17, 15) is 19.0 Å². The second-order valence-electron chi connectivity index (χ2n) is 5.32. The van der Waals surface area contributed by atoms with Crippen LogP contribution in [0.25, 0.3) is 10.9 Å². The highest BCUT2D eigenvalue weighted by Gasteiger charge is 2.35. The van der Waals surface area contributed by atoms with Gasteiger partial charge in [-0.25, -0.2) is 14.1 Å². The second kappa shape index (κ2) is 6.06. The molecule has 0 aliphatic carbocycles. The SMILES string of the molecule is COC(=O)c1nc(N2CCCN(C)S2(O)O)c2cccnc2c1O. The molecule has 1 saturated heterocycles. The van der Waals surface area contributed by atoms with Crippen molar-refractivity contribution in [1.29, 1.82) is 0 Å². The summed E-state index contributed by atoms with van der Waals surface area (Å²) in [6, 6.07) is 3.29. The molecule has 3 N–H and O–H groups in total. The monoisotopic (exact) mass is 354 g/mol. The summed E-state index contributed by atoms with van der Waals surface area (Å²) < 4.78 is 28.5. The number of hydrogen-bond acceptors (Lipinski definition) is 9. The normalized spacial score (nSPS) is 19.2. The molecule has 3 heterocycles. The zero-order chi connectivity index (χ0) is 17.5. The molecule has 9 nitrogen and oxygen atoms in total. The van der Waals surface area contributed by atoms with Crippen LogP contribution in [0.1, 0.15) is 16.9 Å². The van der Waals surface area contributed by atoms with Crippen molar-refractivity contribution in [3.8, 4) is 5.75 Å². The van der Waals surface area contributed by atoms with E-state index >= 15 is 0 Å². The Morgan fingerprint density at radius 3 is 2.83 bits per heavy atom. The first kappa shape index (κ1) is 16.7. The van der Waals surface area contributed by atoms with E-state index in [1.54, 1.807) is 19.2 Å². The van der Waals surface area contributed by atoms with E-state index in [2.05, 4.69) is 14.7 Å². The van der Waals surface area contributed by atoms with Gasteiger partial charge in [-0.2, -0.15) is 4.31 Å². The molecule has 24 heavy (non-hydrogen) atoms. The third-order valence-electron chi connectivity index (χ3n) is 3.88. The van der Waals surface area contributed by atoms with Crippen LogP contribution < -0.4 is 4.31 Å². The summed E-state index contributed by atoms with van der Waals surface area (Å²) in [6.07, 6.45) is 2.15. The lowest BCUT2D eigenvalue weighted by atomic mass is 10.2. The molecule has 1 aliphatic heterocycles. The smallest absolute Gasteiger partial charge is 0.360 e. The van der Waals surface area contributed by atoms with E-state index in [0.29, 0.717) is 24.9 Å². The fourth-order valence-electron chi connectivity index (χ4n) is 2.61. The van der Waals surface area contributed by atoms with Crippen molar-refractivity contribution in [2.45, 2.75) is 6.42 Å². The van der Waals surface area contributed by atoms with Crippen molar-refractivity contribution < 1.29 is 23.7 Å². The third-order valence-corrected chi connectivity index (χ3v) is 5.84. The Hall–Kier alpha value is -2.14. The van der Waals surface area contributed by atoms with E-state index in [0.717, 1.165) is 0 Å². The molecule has 0 aromatic carbocycles. The summed E-state index contributed by atoms with van der Waals surface area (Å²) in [4.78, 5) is 20.2. The zero-order valence-electron chi connectivity index (χ0n) is 13.2. The van der Waals surface area contributed by atoms with Gasteiger partial charge in [0.15, 0.2) is 17.3 Å². The van der Waals surface area contributed by atoms with Crippen LogP contribution in [0.5, 0.6) is 5.75 Å². The number of anilines is 1. The molecule has 3 rings (SSSR count). The van der Waals surface area contributed by atoms with Crippen molar-refractivity contribution >= 4 is 33.7 Å². The molecule has 0 unspecified atom stereocenters. The largest absolute Gasteiger partial charge is 0.504 e. The predicted molar refractivity (Wildman–Crippen MR) is 90.0 cm³/mol. The Balaban J connectivity index is 2.27. The molecule has 0 atom stereocenters. The number of pyridine rings is 2. The van der Waals surface area contributed by atoms with Gasteiger partial charge in [0.25, 0.3) is 0 Å². The Labute approximate surface area is 140 Å². The number of hydrogen-bond donors (Lipinski definition) is 3. The second-order valence-corrected chi connectivity index (χ2v) is 7.36. The number of carbonyl (C=O) groups excluding carboxylic acids is 1. The number of aromatic hydroxyl groups is 1. The van der Waals surface area contributed by atoms with Crippen molar-refractivity contribution in [2.24, 2.45) is 0 Å². The molecule has 0 bridgehead atoms. The Morgan fingerprint density at radius 2 is 2.12 bits per heavy atom. The van der Waals surface area contributed by atoms with Crippen LogP contribution in [-0.4, -0.2) is 61.7 Å². The van der Waals surface area contributed by atoms with Gasteiger partial charge in [0.1, 0.15) is 5.52 Å². The number of carbonyl (C=O) groups is 1. The van der Waals surface area contributed by atoms with E-state index in [1.165, 1.54) is 21.9 Å². The van der Waals surface area contributed by atoms with E-state index in [-0.39, 0.29) is 17.0 Å². The summed E-state index contributed by atoms with van der Waals surface area (Å²) in [6.45, 7) is 0.867. The van der Waals surface area contributed by atoms with Crippen LogP contribution in [0.2, 0.25) is 0 Å². The topological polar surface area (TPSA) is 119 Å². The fourth-order valence-corrected chi connectivity index (χ4v) is 4.06. The van der Waals surface area contributed by atoms with Gasteiger partial charge < -0.3 is 9.84 Å². The van der Waals surface area contributed by atoms with Crippen LogP contribution in [0.4, 0.5) is 5.82 Å². The van der Waals surface area contributed by atoms with Gasteiger partial charge in [-0.05, 0) is 29.5 Å². The summed E-state index contributed by atoms with van der Waals surface area (Å²) in [5.74, 6) is -1.06. The Bertz CT molecular complexity index is 800. The first-order chi connectivity index (χ1) is 11.4. The third kappa shape index (κ3) is 2.53. The Morgan fingerprint density at radius 1 is 1.38 bits per heavy atom. The van der Waals surface area contributed by atoms with Crippen LogP contribution in [0.3, 0.4) is 0 Å². The number of rotatable bonds is 2. The summed E-state index contributed by atoms with van der Waals surface area (Å²) in [5.41, 5.74) is -0.173. The lowest BCUT2D eigenvalue weighted by molar-refractivity contribution is 0.0591. The number of nitrogens with zero attached hydrogens (tertiary/aromatic N) is 4. The quantitative estimate of drug-likeness (QED) is 0.694. The van der Waals surface area contributed by atoms with E-state index < -0.39 is 22.7 Å². The van der Waals surface area contributed by atoms with Crippen LogP contribution in [0.15, 0.2) is 18.3 Å². The average molecular weight is 354 g/mol. The highest BCUT2D eigenvalue weighted by molar-refractivity contribution is 8.23. The van der Waals surface area contributed by atoms with Gasteiger partial charge in [-0.3, -0.25) is 14.1 Å². The highest BCUT2D eigenvalue weighted by atomic mass is 32.3. The standard InChI is InChI=1S/C14H18N4O5S/c1-17-7-4-8-18(24(17,21)22)13-9-5-3-6-15-10(9)12(19)11(16-13)14(20)23-2/h3,5-6,19,21-22H,4,7-8H2,1-2H3. The van der Waals surface area contributed by atoms with Gasteiger partial charge in [0.2, 0.25) is 0 Å². The van der Waals surface area contributed by atoms with Gasteiger partial charge in [-0.15, -0.1) is 0 Å². The minimum Gasteiger partial charge on any atom is -0.504 e. The number of esters is 1. The molecule has 1 fully saturated rings. The molecule has 1 aliphatic rings. The van der Waals surface area contributed by atoms with Crippen LogP contribution in [0, 0.1) is 0 Å². The number of ether oxygens (including phenoxy) is 1. The number of methoxy groups -OCH3 is 1. The molecule has 10 heteroatoms. The maximum atomic E-state index is 11.9. The first-order valence-corrected chi connectivity index (χ1v) is 8.67. The van der Waals surface area contributed by atoms with Gasteiger partial charge >= 0.3 is 5.97 Å². The molecular weight excluding hydrogens is 336 g/mol. The number of fused-ring (bicyclic) bond motifs is 1. The predicted octanol–water partition coefficient (Wildman–Crippen LogP) is 1.84. The van der Waals surface area contributed by atoms with Gasteiger partial charge in [-0.1, -0.05) is 0 Å². The fraction of sp³-hybridized carbons (Fsp3) is 0.357. The lowest BCUT2D eigenvalue weighted by Gasteiger charge is -2.51. The maximum Gasteiger partial charge on any atom is 0.360 e. The number of aromatic nitrogens is 2. The van der Waals surface area contributed by atoms with E-state index in [1.807, 2.05) is 0 Å². The van der Waals surface area contributed by atoms with Gasteiger partial charge in [0, 0.05) is 31.7 Å². The van der Waals surface area contributed by atoms with Gasteiger partial charge in [0.05, 0.1) is 7.11 Å². The summed E-state index contributed by atoms with van der Waals surface area (Å²) in [7, 11) is -0.491. The van der Waals surface area contributed by atoms with E-state index in [4.69, 9.17) is 0 Å². The highest BCUT2D eigenvalue weighted by Crippen LogP contribution is 2.52. The minimum absolute atomic E-state index is 0.145. The molecule has 2 aromatic heterocycles. The molecule has 0 saturated carbocycles. The molecule has 130 valence electrons. The zero-order valence-corrected chi connectivity index (χ0v) is 14.0.